The summed E-state index contributed by atoms with van der Waals surface area (Å²) in [5.74, 6) is 0.126. The summed E-state index contributed by atoms with van der Waals surface area (Å²) in [6.45, 7) is 0.896. The minimum absolute atomic E-state index is 0.0491. The first-order chi connectivity index (χ1) is 19.1. The number of hydrogen-bond donors (Lipinski definition) is 0. The molecular formula is C35H34FNO2. The van der Waals surface area contributed by atoms with Crippen molar-refractivity contribution in [1.29, 1.82) is 0 Å². The van der Waals surface area contributed by atoms with Crippen LogP contribution in [-0.2, 0) is 22.3 Å². The van der Waals surface area contributed by atoms with Gasteiger partial charge in [0.2, 0.25) is 5.91 Å². The van der Waals surface area contributed by atoms with E-state index < -0.39 is 11.1 Å². The fourth-order valence-electron chi connectivity index (χ4n) is 7.28. The molecule has 4 heteroatoms. The number of carbonyl (C=O) groups is 1. The Balaban J connectivity index is 1.48. The second-order valence-corrected chi connectivity index (χ2v) is 10.9. The number of halogens is 1. The number of alkyl halides is 1. The summed E-state index contributed by atoms with van der Waals surface area (Å²) in [6.07, 6.45) is 1.30. The molecule has 4 aromatic carbocycles. The summed E-state index contributed by atoms with van der Waals surface area (Å²) in [5.41, 5.74) is 1.91. The van der Waals surface area contributed by atoms with Gasteiger partial charge in [-0.25, -0.2) is 4.39 Å². The largest absolute Gasteiger partial charge is 0.496 e. The van der Waals surface area contributed by atoms with Crippen molar-refractivity contribution < 1.29 is 13.9 Å². The van der Waals surface area contributed by atoms with Gasteiger partial charge in [0.05, 0.1) is 13.5 Å². The summed E-state index contributed by atoms with van der Waals surface area (Å²) in [7, 11) is 1.60. The number of fused-ring (bicyclic) bond motifs is 1. The molecule has 1 saturated heterocycles. The summed E-state index contributed by atoms with van der Waals surface area (Å²) in [6, 6.07) is 38.3. The average molecular weight is 520 g/mol. The number of likely N-dealkylation sites (tertiary alicyclic amines) is 1. The van der Waals surface area contributed by atoms with Crippen LogP contribution in [0.25, 0.3) is 0 Å². The zero-order valence-electron chi connectivity index (χ0n) is 22.3. The van der Waals surface area contributed by atoms with Gasteiger partial charge in [-0.2, -0.15) is 0 Å². The normalized spacial score (nSPS) is 23.7. The summed E-state index contributed by atoms with van der Waals surface area (Å²) >= 11 is 0. The number of amides is 1. The molecule has 39 heavy (non-hydrogen) atoms. The number of rotatable bonds is 6. The predicted molar refractivity (Wildman–Crippen MR) is 152 cm³/mol. The van der Waals surface area contributed by atoms with Crippen LogP contribution in [0.5, 0.6) is 5.75 Å². The molecule has 4 aromatic rings. The van der Waals surface area contributed by atoms with E-state index in [1.165, 1.54) is 11.1 Å². The fraction of sp³-hybridized carbons (Fsp3) is 0.286. The number of ether oxygens (including phenoxy) is 1. The summed E-state index contributed by atoms with van der Waals surface area (Å²) in [5, 5.41) is 0. The van der Waals surface area contributed by atoms with Crippen molar-refractivity contribution in [3.63, 3.8) is 0 Å². The average Bonchev–Trinajstić information content (AvgIpc) is 3.47. The van der Waals surface area contributed by atoms with E-state index in [9.17, 15) is 4.79 Å². The Morgan fingerprint density at radius 2 is 1.31 bits per heavy atom. The topological polar surface area (TPSA) is 29.5 Å². The van der Waals surface area contributed by atoms with Crippen LogP contribution in [0, 0.1) is 11.8 Å². The van der Waals surface area contributed by atoms with Gasteiger partial charge in [-0.1, -0.05) is 109 Å². The Hall–Kier alpha value is -3.92. The quantitative estimate of drug-likeness (QED) is 0.276. The van der Waals surface area contributed by atoms with Crippen LogP contribution in [0.1, 0.15) is 35.1 Å². The molecule has 1 heterocycles. The van der Waals surface area contributed by atoms with Gasteiger partial charge in [0.25, 0.3) is 0 Å². The molecule has 2 fully saturated rings. The van der Waals surface area contributed by atoms with E-state index in [0.29, 0.717) is 43.7 Å². The SMILES string of the molecule is COc1ccccc1[C@]1(F)CCC(c2ccccc2)(c2ccccc2)[C@H]2CN(C(=O)Cc3ccccc3)C[C@H]21. The Labute approximate surface area is 230 Å². The molecule has 0 radical (unpaired) electrons. The lowest BCUT2D eigenvalue weighted by Crippen LogP contribution is -2.52. The predicted octanol–water partition coefficient (Wildman–Crippen LogP) is 6.96. The van der Waals surface area contributed by atoms with Gasteiger partial charge < -0.3 is 9.64 Å². The van der Waals surface area contributed by atoms with Gasteiger partial charge in [0.15, 0.2) is 0 Å². The zero-order chi connectivity index (χ0) is 26.9. The molecule has 3 atom stereocenters. The highest BCUT2D eigenvalue weighted by molar-refractivity contribution is 5.79. The lowest BCUT2D eigenvalue weighted by molar-refractivity contribution is -0.129. The fourth-order valence-corrected chi connectivity index (χ4v) is 7.28. The third-order valence-corrected chi connectivity index (χ3v) is 9.11. The molecule has 6 rings (SSSR count). The molecule has 1 saturated carbocycles. The van der Waals surface area contributed by atoms with E-state index in [1.54, 1.807) is 7.11 Å². The van der Waals surface area contributed by atoms with Gasteiger partial charge in [-0.15, -0.1) is 0 Å². The molecule has 1 amide bonds. The van der Waals surface area contributed by atoms with Crippen LogP contribution in [0.4, 0.5) is 4.39 Å². The van der Waals surface area contributed by atoms with E-state index in [4.69, 9.17) is 4.74 Å². The second-order valence-electron chi connectivity index (χ2n) is 10.9. The highest BCUT2D eigenvalue weighted by Gasteiger charge is 2.62. The molecule has 1 aliphatic heterocycles. The van der Waals surface area contributed by atoms with E-state index in [0.717, 1.165) is 5.56 Å². The molecular weight excluding hydrogens is 485 g/mol. The Morgan fingerprint density at radius 1 is 0.769 bits per heavy atom. The van der Waals surface area contributed by atoms with Crippen molar-refractivity contribution >= 4 is 5.91 Å². The first-order valence-corrected chi connectivity index (χ1v) is 13.8. The molecule has 1 aliphatic carbocycles. The molecule has 0 spiro atoms. The van der Waals surface area contributed by atoms with Crippen LogP contribution in [0.3, 0.4) is 0 Å². The highest BCUT2D eigenvalue weighted by Crippen LogP contribution is 2.61. The first-order valence-electron chi connectivity index (χ1n) is 13.8. The van der Waals surface area contributed by atoms with Gasteiger partial charge >= 0.3 is 0 Å². The monoisotopic (exact) mass is 519 g/mol. The van der Waals surface area contributed by atoms with Crippen molar-refractivity contribution in [3.05, 3.63) is 138 Å². The van der Waals surface area contributed by atoms with E-state index in [-0.39, 0.29) is 17.7 Å². The van der Waals surface area contributed by atoms with Crippen molar-refractivity contribution in [2.75, 3.05) is 20.2 Å². The van der Waals surface area contributed by atoms with Crippen LogP contribution in [0.2, 0.25) is 0 Å². The number of benzene rings is 4. The van der Waals surface area contributed by atoms with E-state index in [2.05, 4.69) is 48.5 Å². The molecule has 0 N–H and O–H groups in total. The Morgan fingerprint density at radius 3 is 1.92 bits per heavy atom. The van der Waals surface area contributed by atoms with Gasteiger partial charge in [-0.3, -0.25) is 4.79 Å². The van der Waals surface area contributed by atoms with Gasteiger partial charge in [-0.05, 0) is 41.5 Å². The number of carbonyl (C=O) groups excluding carboxylic acids is 1. The molecule has 0 unspecified atom stereocenters. The highest BCUT2D eigenvalue weighted by atomic mass is 19.1. The molecule has 198 valence electrons. The Bertz CT molecular complexity index is 1390. The molecule has 0 bridgehead atoms. The van der Waals surface area contributed by atoms with Crippen molar-refractivity contribution in [2.45, 2.75) is 30.3 Å². The smallest absolute Gasteiger partial charge is 0.227 e. The zero-order valence-corrected chi connectivity index (χ0v) is 22.3. The second kappa shape index (κ2) is 10.3. The van der Waals surface area contributed by atoms with Crippen molar-refractivity contribution in [3.8, 4) is 5.75 Å². The minimum atomic E-state index is -1.62. The number of methoxy groups -OCH3 is 1. The van der Waals surface area contributed by atoms with Gasteiger partial charge in [0.1, 0.15) is 11.4 Å². The van der Waals surface area contributed by atoms with E-state index in [1.807, 2.05) is 71.6 Å². The lowest BCUT2D eigenvalue weighted by Gasteiger charge is -2.51. The van der Waals surface area contributed by atoms with Crippen molar-refractivity contribution in [2.24, 2.45) is 11.8 Å². The summed E-state index contributed by atoms with van der Waals surface area (Å²) in [4.78, 5) is 15.6. The van der Waals surface area contributed by atoms with Crippen molar-refractivity contribution in [1.82, 2.24) is 4.90 Å². The number of para-hydroxylation sites is 1. The summed E-state index contributed by atoms with van der Waals surface area (Å²) < 4.78 is 23.4. The lowest BCUT2D eigenvalue weighted by atomic mass is 9.52. The number of nitrogens with zero attached hydrogens (tertiary/aromatic N) is 1. The maximum atomic E-state index is 17.7. The first kappa shape index (κ1) is 25.4. The van der Waals surface area contributed by atoms with Crippen LogP contribution < -0.4 is 4.74 Å². The van der Waals surface area contributed by atoms with Crippen LogP contribution in [0.15, 0.2) is 115 Å². The molecule has 2 aliphatic rings. The minimum Gasteiger partial charge on any atom is -0.496 e. The van der Waals surface area contributed by atoms with E-state index >= 15 is 4.39 Å². The number of hydrogen-bond acceptors (Lipinski definition) is 2. The maximum absolute atomic E-state index is 17.7. The van der Waals surface area contributed by atoms with Crippen LogP contribution in [-0.4, -0.2) is 31.0 Å². The standard InChI is InChI=1S/C35H34FNO2/c1-39-32-20-12-11-19-29(32)35(36)22-21-34(27-15-7-3-8-16-27,28-17-9-4-10-18-28)30-24-37(25-31(30)35)33(38)23-26-13-5-2-6-14-26/h2-20,30-31H,21-25H2,1H3/t30-,31+,35+/m0/s1. The van der Waals surface area contributed by atoms with Gasteiger partial charge in [0, 0.05) is 30.0 Å². The Kier molecular flexibility index (Phi) is 6.72. The third-order valence-electron chi connectivity index (χ3n) is 9.11. The van der Waals surface area contributed by atoms with Crippen LogP contribution >= 0.6 is 0 Å². The maximum Gasteiger partial charge on any atom is 0.227 e. The third kappa shape index (κ3) is 4.32. The molecule has 3 nitrogen and oxygen atoms in total. The molecule has 0 aromatic heterocycles.